The van der Waals surface area contributed by atoms with E-state index < -0.39 is 10.0 Å². The molecule has 8 heteroatoms. The van der Waals surface area contributed by atoms with Gasteiger partial charge in [0.15, 0.2) is 0 Å². The Morgan fingerprint density at radius 2 is 1.76 bits per heavy atom. The van der Waals surface area contributed by atoms with E-state index in [9.17, 15) is 13.2 Å². The standard InChI is InChI=1S/C26H34N4O3S/c1-3-30(4-2)34(32,33)23-10-11-25-24(19-23)27-20-29(25)17-14-26(31)28-15-12-22(13-16-28)18-21-8-6-5-7-9-21/h5-11,19-20,22H,3-4,12-18H2,1-2H3. The van der Waals surface area contributed by atoms with Crippen LogP contribution in [-0.4, -0.2) is 59.3 Å². The number of benzene rings is 2. The molecule has 1 amide bonds. The summed E-state index contributed by atoms with van der Waals surface area (Å²) in [5.74, 6) is 0.798. The molecule has 4 rings (SSSR count). The number of aromatic nitrogens is 2. The second-order valence-electron chi connectivity index (χ2n) is 8.94. The zero-order valence-electron chi connectivity index (χ0n) is 20.1. The van der Waals surface area contributed by atoms with E-state index in [1.807, 2.05) is 29.4 Å². The molecular formula is C26H34N4O3S. The zero-order chi connectivity index (χ0) is 24.1. The first-order valence-electron chi connectivity index (χ1n) is 12.2. The number of hydrogen-bond acceptors (Lipinski definition) is 4. The van der Waals surface area contributed by atoms with Gasteiger partial charge in [0.2, 0.25) is 15.9 Å². The Balaban J connectivity index is 1.33. The molecule has 0 atom stereocenters. The molecule has 1 aliphatic rings. The van der Waals surface area contributed by atoms with E-state index in [1.54, 1.807) is 24.5 Å². The number of imidazole rings is 1. The molecule has 1 fully saturated rings. The summed E-state index contributed by atoms with van der Waals surface area (Å²) < 4.78 is 29.0. The third-order valence-electron chi connectivity index (χ3n) is 6.84. The average Bonchev–Trinajstić information content (AvgIpc) is 3.26. The summed E-state index contributed by atoms with van der Waals surface area (Å²) in [5, 5.41) is 0. The Morgan fingerprint density at radius 1 is 1.06 bits per heavy atom. The van der Waals surface area contributed by atoms with Crippen molar-refractivity contribution in [2.24, 2.45) is 5.92 Å². The van der Waals surface area contributed by atoms with Crippen LogP contribution in [0.2, 0.25) is 0 Å². The molecule has 182 valence electrons. The van der Waals surface area contributed by atoms with Gasteiger partial charge in [0, 0.05) is 39.1 Å². The Hall–Kier alpha value is -2.71. The lowest BCUT2D eigenvalue weighted by Gasteiger charge is -2.32. The molecule has 0 aliphatic carbocycles. The summed E-state index contributed by atoms with van der Waals surface area (Å²) in [5.41, 5.74) is 2.84. The number of carbonyl (C=O) groups excluding carboxylic acids is 1. The second-order valence-corrected chi connectivity index (χ2v) is 10.9. The maximum Gasteiger partial charge on any atom is 0.243 e. The predicted octanol–water partition coefficient (Wildman–Crippen LogP) is 3.94. The second kappa shape index (κ2) is 10.7. The van der Waals surface area contributed by atoms with Gasteiger partial charge in [-0.3, -0.25) is 4.79 Å². The highest BCUT2D eigenvalue weighted by molar-refractivity contribution is 7.89. The van der Waals surface area contributed by atoms with E-state index in [-0.39, 0.29) is 10.8 Å². The molecule has 0 radical (unpaired) electrons. The fourth-order valence-electron chi connectivity index (χ4n) is 4.80. The molecule has 1 aliphatic heterocycles. The van der Waals surface area contributed by atoms with Crippen molar-refractivity contribution >= 4 is 27.0 Å². The first-order chi connectivity index (χ1) is 16.4. The van der Waals surface area contributed by atoms with Crippen LogP contribution in [0.4, 0.5) is 0 Å². The van der Waals surface area contributed by atoms with E-state index in [0.29, 0.717) is 37.5 Å². The van der Waals surface area contributed by atoms with Crippen LogP contribution in [0.15, 0.2) is 59.8 Å². The van der Waals surface area contributed by atoms with Crippen molar-refractivity contribution in [1.82, 2.24) is 18.8 Å². The number of carbonyl (C=O) groups is 1. The molecule has 3 aromatic rings. The quantitative estimate of drug-likeness (QED) is 0.463. The molecule has 1 aromatic heterocycles. The van der Waals surface area contributed by atoms with Gasteiger partial charge in [0.25, 0.3) is 0 Å². The molecule has 0 saturated carbocycles. The highest BCUT2D eigenvalue weighted by Crippen LogP contribution is 2.24. The smallest absolute Gasteiger partial charge is 0.243 e. The van der Waals surface area contributed by atoms with Crippen molar-refractivity contribution in [1.29, 1.82) is 0 Å². The molecule has 34 heavy (non-hydrogen) atoms. The van der Waals surface area contributed by atoms with Gasteiger partial charge < -0.3 is 9.47 Å². The predicted molar refractivity (Wildman–Crippen MR) is 134 cm³/mol. The maximum atomic E-state index is 12.8. The van der Waals surface area contributed by atoms with Crippen LogP contribution in [0.25, 0.3) is 11.0 Å². The largest absolute Gasteiger partial charge is 0.343 e. The minimum Gasteiger partial charge on any atom is -0.343 e. The van der Waals surface area contributed by atoms with Gasteiger partial charge in [-0.05, 0) is 48.9 Å². The van der Waals surface area contributed by atoms with Crippen LogP contribution in [-0.2, 0) is 27.8 Å². The number of sulfonamides is 1. The third-order valence-corrected chi connectivity index (χ3v) is 8.88. The third kappa shape index (κ3) is 5.33. The van der Waals surface area contributed by atoms with Gasteiger partial charge in [0.1, 0.15) is 0 Å². The number of aryl methyl sites for hydroxylation is 1. The van der Waals surface area contributed by atoms with E-state index in [4.69, 9.17) is 0 Å². The molecule has 0 bridgehead atoms. The zero-order valence-corrected chi connectivity index (χ0v) is 20.9. The number of amides is 1. The lowest BCUT2D eigenvalue weighted by atomic mass is 9.90. The van der Waals surface area contributed by atoms with E-state index >= 15 is 0 Å². The molecule has 1 saturated heterocycles. The summed E-state index contributed by atoms with van der Waals surface area (Å²) in [6.45, 7) is 6.67. The number of piperidine rings is 1. The van der Waals surface area contributed by atoms with Gasteiger partial charge in [-0.25, -0.2) is 13.4 Å². The van der Waals surface area contributed by atoms with Gasteiger partial charge in [0.05, 0.1) is 22.3 Å². The van der Waals surface area contributed by atoms with Crippen molar-refractivity contribution in [3.63, 3.8) is 0 Å². The van der Waals surface area contributed by atoms with Gasteiger partial charge in [-0.1, -0.05) is 44.2 Å². The number of rotatable bonds is 9. The number of nitrogens with zero attached hydrogens (tertiary/aromatic N) is 4. The normalized spacial score (nSPS) is 15.3. The maximum absolute atomic E-state index is 12.8. The average molecular weight is 483 g/mol. The van der Waals surface area contributed by atoms with Gasteiger partial charge >= 0.3 is 0 Å². The van der Waals surface area contributed by atoms with Crippen LogP contribution in [0.1, 0.15) is 38.7 Å². The summed E-state index contributed by atoms with van der Waals surface area (Å²) >= 11 is 0. The minimum absolute atomic E-state index is 0.167. The Labute approximate surface area is 202 Å². The number of hydrogen-bond donors (Lipinski definition) is 0. The van der Waals surface area contributed by atoms with Crippen LogP contribution in [0.5, 0.6) is 0 Å². The van der Waals surface area contributed by atoms with Gasteiger partial charge in [-0.15, -0.1) is 0 Å². The Morgan fingerprint density at radius 3 is 2.44 bits per heavy atom. The van der Waals surface area contributed by atoms with Crippen molar-refractivity contribution in [2.75, 3.05) is 26.2 Å². The highest BCUT2D eigenvalue weighted by Gasteiger charge is 2.24. The topological polar surface area (TPSA) is 75.5 Å². The van der Waals surface area contributed by atoms with Crippen LogP contribution in [0, 0.1) is 5.92 Å². The molecule has 0 unspecified atom stereocenters. The molecular weight excluding hydrogens is 448 g/mol. The van der Waals surface area contributed by atoms with Crippen LogP contribution < -0.4 is 0 Å². The van der Waals surface area contributed by atoms with Crippen LogP contribution in [0.3, 0.4) is 0 Å². The fourth-order valence-corrected chi connectivity index (χ4v) is 6.28. The minimum atomic E-state index is -3.52. The summed E-state index contributed by atoms with van der Waals surface area (Å²) in [4.78, 5) is 19.5. The highest BCUT2D eigenvalue weighted by atomic mass is 32.2. The molecule has 0 N–H and O–H groups in total. The van der Waals surface area contributed by atoms with Crippen molar-refractivity contribution in [3.8, 4) is 0 Å². The monoisotopic (exact) mass is 482 g/mol. The van der Waals surface area contributed by atoms with E-state index in [1.165, 1.54) is 9.87 Å². The van der Waals surface area contributed by atoms with Crippen molar-refractivity contribution in [3.05, 3.63) is 60.4 Å². The summed E-state index contributed by atoms with van der Waals surface area (Å²) in [6, 6.07) is 15.6. The van der Waals surface area contributed by atoms with Gasteiger partial charge in [-0.2, -0.15) is 4.31 Å². The van der Waals surface area contributed by atoms with Crippen molar-refractivity contribution < 1.29 is 13.2 Å². The number of likely N-dealkylation sites (tertiary alicyclic amines) is 1. The summed E-state index contributed by atoms with van der Waals surface area (Å²) in [7, 11) is -3.52. The first kappa shape index (κ1) is 24.4. The van der Waals surface area contributed by atoms with Crippen LogP contribution >= 0.6 is 0 Å². The lowest BCUT2D eigenvalue weighted by Crippen LogP contribution is -2.39. The molecule has 2 heterocycles. The summed E-state index contributed by atoms with van der Waals surface area (Å²) in [6.07, 6.45) is 5.26. The van der Waals surface area contributed by atoms with E-state index in [2.05, 4.69) is 29.2 Å². The molecule has 7 nitrogen and oxygen atoms in total. The lowest BCUT2D eigenvalue weighted by molar-refractivity contribution is -0.132. The van der Waals surface area contributed by atoms with E-state index in [0.717, 1.165) is 37.9 Å². The SMILES string of the molecule is CCN(CC)S(=O)(=O)c1ccc2c(c1)ncn2CCC(=O)N1CCC(Cc2ccccc2)CC1. The fraction of sp³-hybridized carbons (Fsp3) is 0.462. The Bertz CT molecular complexity index is 1210. The molecule has 0 spiro atoms. The number of fused-ring (bicyclic) bond motifs is 1. The first-order valence-corrected chi connectivity index (χ1v) is 13.6. The molecule has 2 aromatic carbocycles. The van der Waals surface area contributed by atoms with Crippen molar-refractivity contribution in [2.45, 2.75) is 51.0 Å². The Kier molecular flexibility index (Phi) is 7.68.